The van der Waals surface area contributed by atoms with E-state index in [-0.39, 0.29) is 11.8 Å². The quantitative estimate of drug-likeness (QED) is 0.856. The summed E-state index contributed by atoms with van der Waals surface area (Å²) in [6.07, 6.45) is 0.589. The minimum absolute atomic E-state index is 0.0645. The second kappa shape index (κ2) is 6.74. The van der Waals surface area contributed by atoms with E-state index in [9.17, 15) is 9.59 Å². The third-order valence-corrected chi connectivity index (χ3v) is 3.77. The van der Waals surface area contributed by atoms with Crippen LogP contribution in [0.5, 0.6) is 0 Å². The van der Waals surface area contributed by atoms with Crippen LogP contribution in [0.2, 0.25) is 0 Å². The Morgan fingerprint density at radius 3 is 2.29 bits per heavy atom. The van der Waals surface area contributed by atoms with Crippen LogP contribution in [0.1, 0.15) is 36.2 Å². The summed E-state index contributed by atoms with van der Waals surface area (Å²) in [6.45, 7) is 8.61. The van der Waals surface area contributed by atoms with Gasteiger partial charge in [-0.1, -0.05) is 31.5 Å². The van der Waals surface area contributed by atoms with E-state index in [4.69, 9.17) is 0 Å². The maximum absolute atomic E-state index is 12.4. The van der Waals surface area contributed by atoms with Gasteiger partial charge in [0.05, 0.1) is 0 Å². The van der Waals surface area contributed by atoms with Crippen molar-refractivity contribution in [3.8, 4) is 0 Å². The van der Waals surface area contributed by atoms with E-state index in [0.717, 1.165) is 11.1 Å². The standard InChI is InChI=1S/C17H24N2O2/c1-13(2)11-16(20)18-7-9-19(10-8-18)17(21)15-6-4-5-14(3)12-15/h4-6,12-13H,7-11H2,1-3H3. The van der Waals surface area contributed by atoms with Crippen molar-refractivity contribution in [3.05, 3.63) is 35.4 Å². The van der Waals surface area contributed by atoms with Gasteiger partial charge in [0.1, 0.15) is 0 Å². The Kier molecular flexibility index (Phi) is 4.99. The molecular weight excluding hydrogens is 264 g/mol. The number of piperazine rings is 1. The van der Waals surface area contributed by atoms with Gasteiger partial charge in [-0.25, -0.2) is 0 Å². The van der Waals surface area contributed by atoms with Gasteiger partial charge in [-0.3, -0.25) is 9.59 Å². The summed E-state index contributed by atoms with van der Waals surface area (Å²) in [5.41, 5.74) is 1.82. The Labute approximate surface area is 126 Å². The van der Waals surface area contributed by atoms with Crippen LogP contribution < -0.4 is 0 Å². The molecule has 2 amide bonds. The molecule has 0 aromatic heterocycles. The number of hydrogen-bond donors (Lipinski definition) is 0. The van der Waals surface area contributed by atoms with Crippen molar-refractivity contribution in [2.24, 2.45) is 5.92 Å². The Morgan fingerprint density at radius 1 is 1.10 bits per heavy atom. The third kappa shape index (κ3) is 4.06. The van der Waals surface area contributed by atoms with Crippen molar-refractivity contribution in [1.29, 1.82) is 0 Å². The van der Waals surface area contributed by atoms with E-state index >= 15 is 0 Å². The van der Waals surface area contributed by atoms with Gasteiger partial charge in [0.15, 0.2) is 0 Å². The molecule has 2 rings (SSSR count). The molecule has 1 aromatic rings. The third-order valence-electron chi connectivity index (χ3n) is 3.77. The summed E-state index contributed by atoms with van der Waals surface area (Å²) in [5.74, 6) is 0.645. The fourth-order valence-electron chi connectivity index (χ4n) is 2.60. The molecule has 1 aliphatic rings. The van der Waals surface area contributed by atoms with Gasteiger partial charge >= 0.3 is 0 Å². The second-order valence-corrected chi connectivity index (χ2v) is 6.14. The van der Waals surface area contributed by atoms with Crippen LogP contribution in [-0.4, -0.2) is 47.8 Å². The SMILES string of the molecule is Cc1cccc(C(=O)N2CCN(C(=O)CC(C)C)CC2)c1. The first-order chi connectivity index (χ1) is 9.97. The molecule has 1 heterocycles. The van der Waals surface area contributed by atoms with Gasteiger partial charge in [0, 0.05) is 38.2 Å². The summed E-state index contributed by atoms with van der Waals surface area (Å²) in [5, 5.41) is 0. The Bertz CT molecular complexity index is 517. The summed E-state index contributed by atoms with van der Waals surface area (Å²) < 4.78 is 0. The van der Waals surface area contributed by atoms with Crippen LogP contribution in [0, 0.1) is 12.8 Å². The normalized spacial score (nSPS) is 15.4. The van der Waals surface area contributed by atoms with E-state index in [1.807, 2.05) is 41.0 Å². The molecule has 0 saturated carbocycles. The van der Waals surface area contributed by atoms with Crippen molar-refractivity contribution < 1.29 is 9.59 Å². The van der Waals surface area contributed by atoms with Gasteiger partial charge in [0.2, 0.25) is 5.91 Å². The lowest BCUT2D eigenvalue weighted by Crippen LogP contribution is -2.50. The number of rotatable bonds is 3. The highest BCUT2D eigenvalue weighted by Crippen LogP contribution is 2.12. The zero-order valence-electron chi connectivity index (χ0n) is 13.1. The molecule has 0 N–H and O–H groups in total. The number of aryl methyl sites for hydroxylation is 1. The van der Waals surface area contributed by atoms with Gasteiger partial charge in [0.25, 0.3) is 5.91 Å². The summed E-state index contributed by atoms with van der Waals surface area (Å²) in [7, 11) is 0. The highest BCUT2D eigenvalue weighted by molar-refractivity contribution is 5.94. The van der Waals surface area contributed by atoms with Crippen LogP contribution in [-0.2, 0) is 4.79 Å². The molecule has 21 heavy (non-hydrogen) atoms. The lowest BCUT2D eigenvalue weighted by Gasteiger charge is -2.35. The van der Waals surface area contributed by atoms with Crippen molar-refractivity contribution in [1.82, 2.24) is 9.80 Å². The average molecular weight is 288 g/mol. The lowest BCUT2D eigenvalue weighted by molar-refractivity contribution is -0.133. The molecule has 0 spiro atoms. The highest BCUT2D eigenvalue weighted by Gasteiger charge is 2.24. The predicted molar refractivity (Wildman–Crippen MR) is 83.1 cm³/mol. The first-order valence-electron chi connectivity index (χ1n) is 7.61. The van der Waals surface area contributed by atoms with Gasteiger partial charge < -0.3 is 9.80 Å². The van der Waals surface area contributed by atoms with Gasteiger partial charge in [-0.15, -0.1) is 0 Å². The van der Waals surface area contributed by atoms with E-state index in [0.29, 0.717) is 38.5 Å². The van der Waals surface area contributed by atoms with E-state index in [1.165, 1.54) is 0 Å². The number of carbonyl (C=O) groups excluding carboxylic acids is 2. The van der Waals surface area contributed by atoms with Crippen molar-refractivity contribution >= 4 is 11.8 Å². The minimum Gasteiger partial charge on any atom is -0.339 e. The zero-order chi connectivity index (χ0) is 15.4. The molecule has 0 aliphatic carbocycles. The molecule has 0 radical (unpaired) electrons. The van der Waals surface area contributed by atoms with Crippen molar-refractivity contribution in [2.75, 3.05) is 26.2 Å². The van der Waals surface area contributed by atoms with Crippen molar-refractivity contribution in [2.45, 2.75) is 27.2 Å². The molecule has 1 aromatic carbocycles. The molecule has 1 fully saturated rings. The molecule has 4 nitrogen and oxygen atoms in total. The van der Waals surface area contributed by atoms with Crippen molar-refractivity contribution in [3.63, 3.8) is 0 Å². The smallest absolute Gasteiger partial charge is 0.253 e. The highest BCUT2D eigenvalue weighted by atomic mass is 16.2. The van der Waals surface area contributed by atoms with Crippen LogP contribution in [0.3, 0.4) is 0 Å². The minimum atomic E-state index is 0.0645. The summed E-state index contributed by atoms with van der Waals surface area (Å²) in [6, 6.07) is 7.66. The second-order valence-electron chi connectivity index (χ2n) is 6.14. The molecule has 0 unspecified atom stereocenters. The Hall–Kier alpha value is -1.84. The number of hydrogen-bond acceptors (Lipinski definition) is 2. The van der Waals surface area contributed by atoms with Gasteiger partial charge in [-0.2, -0.15) is 0 Å². The molecular formula is C17H24N2O2. The monoisotopic (exact) mass is 288 g/mol. The molecule has 114 valence electrons. The molecule has 1 aliphatic heterocycles. The number of amides is 2. The first kappa shape index (κ1) is 15.5. The first-order valence-corrected chi connectivity index (χ1v) is 7.61. The van der Waals surface area contributed by atoms with Crippen LogP contribution in [0.4, 0.5) is 0 Å². The molecule has 4 heteroatoms. The topological polar surface area (TPSA) is 40.6 Å². The molecule has 1 saturated heterocycles. The molecule has 0 atom stereocenters. The zero-order valence-corrected chi connectivity index (χ0v) is 13.1. The predicted octanol–water partition coefficient (Wildman–Crippen LogP) is 2.33. The lowest BCUT2D eigenvalue weighted by atomic mass is 10.1. The number of carbonyl (C=O) groups is 2. The summed E-state index contributed by atoms with van der Waals surface area (Å²) in [4.78, 5) is 28.2. The fourth-order valence-corrected chi connectivity index (χ4v) is 2.60. The van der Waals surface area contributed by atoms with Gasteiger partial charge in [-0.05, 0) is 25.0 Å². The fraction of sp³-hybridized carbons (Fsp3) is 0.529. The molecule has 0 bridgehead atoms. The number of benzene rings is 1. The van der Waals surface area contributed by atoms with Crippen LogP contribution in [0.15, 0.2) is 24.3 Å². The Balaban J connectivity index is 1.92. The van der Waals surface area contributed by atoms with E-state index < -0.39 is 0 Å². The van der Waals surface area contributed by atoms with Crippen LogP contribution >= 0.6 is 0 Å². The van der Waals surface area contributed by atoms with Crippen LogP contribution in [0.25, 0.3) is 0 Å². The average Bonchev–Trinajstić information content (AvgIpc) is 2.46. The summed E-state index contributed by atoms with van der Waals surface area (Å²) >= 11 is 0. The van der Waals surface area contributed by atoms with E-state index in [1.54, 1.807) is 0 Å². The van der Waals surface area contributed by atoms with E-state index in [2.05, 4.69) is 13.8 Å². The number of nitrogens with zero attached hydrogens (tertiary/aromatic N) is 2. The largest absolute Gasteiger partial charge is 0.339 e. The Morgan fingerprint density at radius 2 is 1.71 bits per heavy atom. The maximum Gasteiger partial charge on any atom is 0.253 e. The maximum atomic E-state index is 12.4.